The molecule has 0 amide bonds. The van der Waals surface area contributed by atoms with Crippen LogP contribution in [0.15, 0.2) is 0 Å². The first kappa shape index (κ1) is 8.07. The Hall–Kier alpha value is 0.0700. The molecule has 0 aromatic carbocycles. The molecule has 0 fully saturated rings. The Labute approximate surface area is 52.2 Å². The highest BCUT2D eigenvalue weighted by atomic mass is 32.2. The van der Waals surface area contributed by atoms with Gasteiger partial charge in [0.05, 0.1) is 6.61 Å². The maximum Gasteiger partial charge on any atom is 0.115 e. The van der Waals surface area contributed by atoms with Gasteiger partial charge in [0.1, 0.15) is 11.0 Å². The van der Waals surface area contributed by atoms with Crippen molar-refractivity contribution < 1.29 is 9.05 Å². The molecule has 1 atom stereocenters. The minimum atomic E-state index is -0.999. The van der Waals surface area contributed by atoms with E-state index in [9.17, 15) is 4.21 Å². The van der Waals surface area contributed by atoms with E-state index in [0.717, 1.165) is 0 Å². The summed E-state index contributed by atoms with van der Waals surface area (Å²) in [4.78, 5) is 4.84. The van der Waals surface area contributed by atoms with Crippen molar-refractivity contribution in [1.82, 2.24) is 4.47 Å². The number of hydrogen-bond donors (Lipinski definition) is 0. The van der Waals surface area contributed by atoms with Crippen molar-refractivity contribution in [2.75, 3.05) is 19.9 Å². The summed E-state index contributed by atoms with van der Waals surface area (Å²) >= 11 is 0. The van der Waals surface area contributed by atoms with E-state index >= 15 is 0 Å². The minimum absolute atomic E-state index is 0.566. The highest BCUT2D eigenvalue weighted by Crippen LogP contribution is 1.86. The molecule has 0 heterocycles. The van der Waals surface area contributed by atoms with Gasteiger partial charge in [-0.1, -0.05) is 0 Å². The number of rotatable bonds is 3. The normalized spacial score (nSPS) is 14.5. The van der Waals surface area contributed by atoms with Crippen LogP contribution in [0.25, 0.3) is 0 Å². The Morgan fingerprint density at radius 1 is 1.75 bits per heavy atom. The molecule has 4 heteroatoms. The molecule has 1 unspecified atom stereocenters. The molecule has 0 aliphatic rings. The summed E-state index contributed by atoms with van der Waals surface area (Å²) in [5.41, 5.74) is 0. The largest absolute Gasteiger partial charge is 0.287 e. The average Bonchev–Trinajstić information content (AvgIpc) is 1.67. The summed E-state index contributed by atoms with van der Waals surface area (Å²) in [6.45, 7) is 2.42. The lowest BCUT2D eigenvalue weighted by atomic mass is 10.9. The van der Waals surface area contributed by atoms with Gasteiger partial charge in [0.25, 0.3) is 0 Å². The molecule has 3 nitrogen and oxygen atoms in total. The summed E-state index contributed by atoms with van der Waals surface area (Å²) in [5.74, 6) is 0. The average molecular weight is 137 g/mol. The highest BCUT2D eigenvalue weighted by molar-refractivity contribution is 7.81. The smallest absolute Gasteiger partial charge is 0.115 e. The molecule has 0 bridgehead atoms. The van der Waals surface area contributed by atoms with Crippen molar-refractivity contribution in [2.45, 2.75) is 6.92 Å². The fourth-order valence-corrected chi connectivity index (χ4v) is 0.510. The molecular formula is C4H11NO2S. The van der Waals surface area contributed by atoms with Gasteiger partial charge in [-0.15, -0.1) is 4.47 Å². The zero-order chi connectivity index (χ0) is 6.57. The predicted molar refractivity (Wildman–Crippen MR) is 33.5 cm³/mol. The molecule has 8 heavy (non-hydrogen) atoms. The molecule has 0 rings (SSSR count). The van der Waals surface area contributed by atoms with Crippen LogP contribution in [0.3, 0.4) is 0 Å². The second-order valence-corrected chi connectivity index (χ2v) is 2.64. The Balaban J connectivity index is 3.32. The Morgan fingerprint density at radius 3 is 2.38 bits per heavy atom. The first-order valence-electron chi connectivity index (χ1n) is 2.38. The summed E-state index contributed by atoms with van der Waals surface area (Å²) in [5, 5.41) is 0. The van der Waals surface area contributed by atoms with Gasteiger partial charge in [-0.05, 0) is 6.92 Å². The molecule has 0 spiro atoms. The lowest BCUT2D eigenvalue weighted by Crippen LogP contribution is -2.19. The summed E-state index contributed by atoms with van der Waals surface area (Å²) in [7, 11) is 0.639. The van der Waals surface area contributed by atoms with Crippen molar-refractivity contribution in [3.05, 3.63) is 0 Å². The zero-order valence-electron chi connectivity index (χ0n) is 5.38. The van der Waals surface area contributed by atoms with Crippen LogP contribution in [-0.2, 0) is 15.8 Å². The van der Waals surface area contributed by atoms with Gasteiger partial charge < -0.3 is 0 Å². The van der Waals surface area contributed by atoms with E-state index in [2.05, 4.69) is 0 Å². The summed E-state index contributed by atoms with van der Waals surface area (Å²) in [6.07, 6.45) is 1.57. The zero-order valence-corrected chi connectivity index (χ0v) is 6.20. The molecule has 0 aromatic heterocycles. The SMILES string of the molecule is CCON(C)S(C)=O. The van der Waals surface area contributed by atoms with Gasteiger partial charge in [0.15, 0.2) is 0 Å². The molecule has 0 aliphatic carbocycles. The fourth-order valence-electron chi connectivity index (χ4n) is 0.256. The lowest BCUT2D eigenvalue weighted by Gasteiger charge is -2.09. The minimum Gasteiger partial charge on any atom is -0.287 e. The van der Waals surface area contributed by atoms with E-state index in [1.165, 1.54) is 4.47 Å². The second kappa shape index (κ2) is 4.00. The van der Waals surface area contributed by atoms with E-state index in [1.807, 2.05) is 6.92 Å². The van der Waals surface area contributed by atoms with Crippen LogP contribution < -0.4 is 0 Å². The van der Waals surface area contributed by atoms with Crippen molar-refractivity contribution in [1.29, 1.82) is 0 Å². The van der Waals surface area contributed by atoms with E-state index in [4.69, 9.17) is 4.84 Å². The third-order valence-electron chi connectivity index (χ3n) is 0.673. The van der Waals surface area contributed by atoms with Gasteiger partial charge in [-0.25, -0.2) is 4.21 Å². The molecule has 0 N–H and O–H groups in total. The predicted octanol–water partition coefficient (Wildman–Crippen LogP) is 0.163. The van der Waals surface area contributed by atoms with Crippen LogP contribution in [0.1, 0.15) is 6.92 Å². The van der Waals surface area contributed by atoms with Crippen molar-refractivity contribution in [3.63, 3.8) is 0 Å². The van der Waals surface area contributed by atoms with Crippen LogP contribution in [0.4, 0.5) is 0 Å². The Bertz CT molecular complexity index is 86.1. The van der Waals surface area contributed by atoms with E-state index in [0.29, 0.717) is 6.61 Å². The van der Waals surface area contributed by atoms with Crippen LogP contribution in [-0.4, -0.2) is 28.6 Å². The van der Waals surface area contributed by atoms with E-state index in [-0.39, 0.29) is 0 Å². The Morgan fingerprint density at radius 2 is 2.25 bits per heavy atom. The summed E-state index contributed by atoms with van der Waals surface area (Å²) < 4.78 is 11.8. The maximum atomic E-state index is 10.4. The van der Waals surface area contributed by atoms with Crippen LogP contribution in [0.2, 0.25) is 0 Å². The maximum absolute atomic E-state index is 10.4. The van der Waals surface area contributed by atoms with Gasteiger partial charge in [-0.2, -0.15) is 0 Å². The van der Waals surface area contributed by atoms with Gasteiger partial charge in [-0.3, -0.25) is 4.84 Å². The van der Waals surface area contributed by atoms with Crippen LogP contribution in [0, 0.1) is 0 Å². The third-order valence-corrected chi connectivity index (χ3v) is 1.50. The summed E-state index contributed by atoms with van der Waals surface area (Å²) in [6, 6.07) is 0. The standard InChI is InChI=1S/C4H11NO2S/c1-4-7-5(2)8(3)6/h4H2,1-3H3. The fraction of sp³-hybridized carbons (Fsp3) is 1.00. The molecule has 0 aliphatic heterocycles. The first-order valence-corrected chi connectivity index (χ1v) is 3.90. The monoisotopic (exact) mass is 137 g/mol. The van der Waals surface area contributed by atoms with Crippen molar-refractivity contribution in [2.24, 2.45) is 0 Å². The molecule has 0 radical (unpaired) electrons. The third kappa shape index (κ3) is 3.12. The van der Waals surface area contributed by atoms with E-state index < -0.39 is 11.0 Å². The quantitative estimate of drug-likeness (QED) is 0.519. The first-order chi connectivity index (χ1) is 3.68. The number of hydroxylamine groups is 1. The van der Waals surface area contributed by atoms with Gasteiger partial charge in [0, 0.05) is 13.3 Å². The van der Waals surface area contributed by atoms with Gasteiger partial charge >= 0.3 is 0 Å². The second-order valence-electron chi connectivity index (χ2n) is 1.28. The van der Waals surface area contributed by atoms with Crippen LogP contribution >= 0.6 is 0 Å². The lowest BCUT2D eigenvalue weighted by molar-refractivity contribution is -0.0525. The molecule has 0 saturated carbocycles. The molecule has 0 aromatic rings. The molecular weight excluding hydrogens is 126 g/mol. The number of hydrogen-bond acceptors (Lipinski definition) is 2. The van der Waals surface area contributed by atoms with Crippen molar-refractivity contribution in [3.8, 4) is 0 Å². The highest BCUT2D eigenvalue weighted by Gasteiger charge is 1.97. The molecule has 50 valence electrons. The van der Waals surface area contributed by atoms with Gasteiger partial charge in [0.2, 0.25) is 0 Å². The Kier molecular flexibility index (Phi) is 4.03. The van der Waals surface area contributed by atoms with E-state index in [1.54, 1.807) is 13.3 Å². The number of nitrogens with zero attached hydrogens (tertiary/aromatic N) is 1. The topological polar surface area (TPSA) is 29.5 Å². The van der Waals surface area contributed by atoms with Crippen molar-refractivity contribution >= 4 is 11.0 Å². The molecule has 0 saturated heterocycles. The van der Waals surface area contributed by atoms with Crippen LogP contribution in [0.5, 0.6) is 0 Å².